The number of anilines is 2. The Balaban J connectivity index is 1.91. The molecule has 4 aromatic rings. The molecule has 0 unspecified atom stereocenters. The molecule has 8 heteroatoms. The van der Waals surface area contributed by atoms with Gasteiger partial charge in [-0.3, -0.25) is 9.36 Å². The number of carbonyl (C=O) groups is 2. The SMILES string of the molecule is CC(=O)Nc1ccc(-n2c(N)c(C(=O)OCC(C)C)c3nc4ccccc4nc32)cc1. The summed E-state index contributed by atoms with van der Waals surface area (Å²) in [6.45, 7) is 5.65. The van der Waals surface area contributed by atoms with Crippen molar-refractivity contribution in [2.75, 3.05) is 17.7 Å². The summed E-state index contributed by atoms with van der Waals surface area (Å²) in [7, 11) is 0. The number of aromatic nitrogens is 3. The molecule has 0 aliphatic rings. The Hall–Kier alpha value is -3.94. The lowest BCUT2D eigenvalue weighted by atomic mass is 10.2. The van der Waals surface area contributed by atoms with E-state index in [1.165, 1.54) is 6.92 Å². The Morgan fingerprint density at radius 3 is 2.32 bits per heavy atom. The highest BCUT2D eigenvalue weighted by Crippen LogP contribution is 2.32. The molecule has 0 atom stereocenters. The van der Waals surface area contributed by atoms with Crippen LogP contribution < -0.4 is 11.1 Å². The van der Waals surface area contributed by atoms with Crippen LogP contribution in [0.25, 0.3) is 27.9 Å². The molecule has 31 heavy (non-hydrogen) atoms. The van der Waals surface area contributed by atoms with Crippen molar-refractivity contribution in [3.05, 3.63) is 54.1 Å². The Labute approximate surface area is 179 Å². The summed E-state index contributed by atoms with van der Waals surface area (Å²) in [5.41, 5.74) is 10.2. The number of nitrogens with one attached hydrogen (secondary N) is 1. The Morgan fingerprint density at radius 1 is 1.06 bits per heavy atom. The zero-order valence-corrected chi connectivity index (χ0v) is 17.5. The number of hydrogen-bond acceptors (Lipinski definition) is 6. The highest BCUT2D eigenvalue weighted by molar-refractivity contribution is 6.09. The van der Waals surface area contributed by atoms with Crippen molar-refractivity contribution in [2.24, 2.45) is 5.92 Å². The van der Waals surface area contributed by atoms with Gasteiger partial charge in [-0.1, -0.05) is 26.0 Å². The molecule has 2 aromatic carbocycles. The van der Waals surface area contributed by atoms with Gasteiger partial charge < -0.3 is 15.8 Å². The van der Waals surface area contributed by atoms with Crippen LogP contribution in [0.4, 0.5) is 11.5 Å². The van der Waals surface area contributed by atoms with Crippen LogP contribution in [0.1, 0.15) is 31.1 Å². The second kappa shape index (κ2) is 8.06. The fourth-order valence-electron chi connectivity index (χ4n) is 3.34. The number of para-hydroxylation sites is 2. The van der Waals surface area contributed by atoms with Crippen LogP contribution in [0.5, 0.6) is 0 Å². The maximum Gasteiger partial charge on any atom is 0.344 e. The molecule has 0 aliphatic heterocycles. The number of rotatable bonds is 5. The average Bonchev–Trinajstić information content (AvgIpc) is 3.01. The number of fused-ring (bicyclic) bond motifs is 2. The van der Waals surface area contributed by atoms with E-state index in [1.807, 2.05) is 38.1 Å². The number of nitrogens with zero attached hydrogens (tertiary/aromatic N) is 3. The molecule has 0 radical (unpaired) electrons. The summed E-state index contributed by atoms with van der Waals surface area (Å²) < 4.78 is 7.13. The van der Waals surface area contributed by atoms with E-state index in [1.54, 1.807) is 28.8 Å². The third kappa shape index (κ3) is 3.92. The van der Waals surface area contributed by atoms with Gasteiger partial charge in [0.25, 0.3) is 0 Å². The van der Waals surface area contributed by atoms with E-state index >= 15 is 0 Å². The lowest BCUT2D eigenvalue weighted by Gasteiger charge is -2.10. The van der Waals surface area contributed by atoms with Gasteiger partial charge in [-0.05, 0) is 42.3 Å². The number of benzene rings is 2. The molecule has 8 nitrogen and oxygen atoms in total. The summed E-state index contributed by atoms with van der Waals surface area (Å²) in [5.74, 6) is -0.307. The molecular weight excluding hydrogens is 394 g/mol. The first-order valence-electron chi connectivity index (χ1n) is 9.97. The minimum absolute atomic E-state index is 0.161. The van der Waals surface area contributed by atoms with Crippen LogP contribution >= 0.6 is 0 Å². The minimum atomic E-state index is -0.533. The van der Waals surface area contributed by atoms with E-state index in [0.29, 0.717) is 33.6 Å². The van der Waals surface area contributed by atoms with E-state index in [9.17, 15) is 9.59 Å². The molecular formula is C23H23N5O3. The minimum Gasteiger partial charge on any atom is -0.462 e. The van der Waals surface area contributed by atoms with Gasteiger partial charge >= 0.3 is 5.97 Å². The van der Waals surface area contributed by atoms with E-state index < -0.39 is 5.97 Å². The highest BCUT2D eigenvalue weighted by Gasteiger charge is 2.26. The molecule has 0 fully saturated rings. The van der Waals surface area contributed by atoms with Gasteiger partial charge in [0, 0.05) is 18.3 Å². The predicted molar refractivity (Wildman–Crippen MR) is 120 cm³/mol. The molecule has 4 rings (SSSR count). The molecule has 0 aliphatic carbocycles. The summed E-state index contributed by atoms with van der Waals surface area (Å²) in [4.78, 5) is 33.6. The smallest absolute Gasteiger partial charge is 0.344 e. The zero-order chi connectivity index (χ0) is 22.1. The van der Waals surface area contributed by atoms with Crippen molar-refractivity contribution in [1.29, 1.82) is 0 Å². The van der Waals surface area contributed by atoms with Crippen molar-refractivity contribution in [3.8, 4) is 5.69 Å². The molecule has 3 N–H and O–H groups in total. The first kappa shape index (κ1) is 20.3. The molecule has 2 heterocycles. The predicted octanol–water partition coefficient (Wildman–Crippen LogP) is 3.93. The largest absolute Gasteiger partial charge is 0.462 e. The van der Waals surface area contributed by atoms with Crippen LogP contribution in [0.3, 0.4) is 0 Å². The molecule has 0 saturated heterocycles. The summed E-state index contributed by atoms with van der Waals surface area (Å²) in [5, 5.41) is 2.73. The van der Waals surface area contributed by atoms with Crippen molar-refractivity contribution in [2.45, 2.75) is 20.8 Å². The van der Waals surface area contributed by atoms with Gasteiger partial charge in [0.05, 0.1) is 17.6 Å². The first-order valence-corrected chi connectivity index (χ1v) is 9.97. The molecule has 0 spiro atoms. The summed E-state index contributed by atoms with van der Waals surface area (Å²) in [6.07, 6.45) is 0. The lowest BCUT2D eigenvalue weighted by molar-refractivity contribution is -0.114. The number of amides is 1. The summed E-state index contributed by atoms with van der Waals surface area (Å²) in [6, 6.07) is 14.5. The van der Waals surface area contributed by atoms with Crippen LogP contribution in [-0.4, -0.2) is 33.0 Å². The Morgan fingerprint density at radius 2 is 1.71 bits per heavy atom. The second-order valence-electron chi connectivity index (χ2n) is 7.70. The third-order valence-corrected chi connectivity index (χ3v) is 4.70. The first-order chi connectivity index (χ1) is 14.8. The molecule has 1 amide bonds. The van der Waals surface area contributed by atoms with Crippen LogP contribution in [0.2, 0.25) is 0 Å². The fourth-order valence-corrected chi connectivity index (χ4v) is 3.34. The topological polar surface area (TPSA) is 112 Å². The Bertz CT molecular complexity index is 1290. The van der Waals surface area contributed by atoms with Gasteiger partial charge in [0.1, 0.15) is 16.9 Å². The van der Waals surface area contributed by atoms with Gasteiger partial charge in [0.2, 0.25) is 5.91 Å². The van der Waals surface area contributed by atoms with Crippen molar-refractivity contribution >= 4 is 45.6 Å². The van der Waals surface area contributed by atoms with Crippen LogP contribution in [0.15, 0.2) is 48.5 Å². The number of esters is 1. The number of nitrogen functional groups attached to an aromatic ring is 1. The maximum absolute atomic E-state index is 12.9. The zero-order valence-electron chi connectivity index (χ0n) is 17.5. The highest BCUT2D eigenvalue weighted by atomic mass is 16.5. The Kier molecular flexibility index (Phi) is 5.29. The normalized spacial score (nSPS) is 11.2. The number of nitrogens with two attached hydrogens (primary N) is 1. The van der Waals surface area contributed by atoms with E-state index in [-0.39, 0.29) is 29.8 Å². The molecule has 0 bridgehead atoms. The third-order valence-electron chi connectivity index (χ3n) is 4.70. The quantitative estimate of drug-likeness (QED) is 0.476. The van der Waals surface area contributed by atoms with E-state index in [4.69, 9.17) is 15.5 Å². The number of carbonyl (C=O) groups excluding carboxylic acids is 2. The maximum atomic E-state index is 12.9. The van der Waals surface area contributed by atoms with Gasteiger partial charge in [-0.25, -0.2) is 14.8 Å². The van der Waals surface area contributed by atoms with Gasteiger partial charge in [0.15, 0.2) is 5.65 Å². The lowest BCUT2D eigenvalue weighted by Crippen LogP contribution is -2.12. The van der Waals surface area contributed by atoms with Crippen LogP contribution in [-0.2, 0) is 9.53 Å². The van der Waals surface area contributed by atoms with Crippen molar-refractivity contribution in [1.82, 2.24) is 14.5 Å². The standard InChI is InChI=1S/C23H23N5O3/c1-13(2)12-31-23(30)19-20-22(27-18-7-5-4-6-17(18)26-20)28(21(19)24)16-10-8-15(9-11-16)25-14(3)29/h4-11,13H,12,24H2,1-3H3,(H,25,29). The molecule has 158 valence electrons. The van der Waals surface area contributed by atoms with E-state index in [0.717, 1.165) is 0 Å². The monoisotopic (exact) mass is 417 g/mol. The second-order valence-corrected chi connectivity index (χ2v) is 7.70. The average molecular weight is 417 g/mol. The van der Waals surface area contributed by atoms with E-state index in [2.05, 4.69) is 10.3 Å². The van der Waals surface area contributed by atoms with Gasteiger partial charge in [-0.15, -0.1) is 0 Å². The molecule has 2 aromatic heterocycles. The van der Waals surface area contributed by atoms with Crippen molar-refractivity contribution < 1.29 is 14.3 Å². The number of hydrogen-bond donors (Lipinski definition) is 2. The van der Waals surface area contributed by atoms with Gasteiger partial charge in [-0.2, -0.15) is 0 Å². The van der Waals surface area contributed by atoms with Crippen molar-refractivity contribution in [3.63, 3.8) is 0 Å². The summed E-state index contributed by atoms with van der Waals surface area (Å²) >= 11 is 0. The molecule has 0 saturated carbocycles. The van der Waals surface area contributed by atoms with Crippen LogP contribution in [0, 0.1) is 5.92 Å². The fraction of sp³-hybridized carbons (Fsp3) is 0.217. The number of ether oxygens (including phenoxy) is 1.